The van der Waals surface area contributed by atoms with Crippen molar-refractivity contribution in [3.05, 3.63) is 29.8 Å². The molecular weight excluding hydrogens is 352 g/mol. The van der Waals surface area contributed by atoms with Gasteiger partial charge in [0.25, 0.3) is 0 Å². The molecule has 0 bridgehead atoms. The first-order valence-corrected chi connectivity index (χ1v) is 10.2. The summed E-state index contributed by atoms with van der Waals surface area (Å²) in [5, 5.41) is 7.18. The van der Waals surface area contributed by atoms with E-state index in [9.17, 15) is 0 Å². The molecule has 0 aliphatic rings. The molecule has 0 atom stereocenters. The predicted molar refractivity (Wildman–Crippen MR) is 120 cm³/mol. The number of guanidine groups is 1. The second-order valence-electron chi connectivity index (χ2n) is 6.65. The number of nitrogens with zero attached hydrogens (tertiary/aromatic N) is 2. The smallest absolute Gasteiger partial charge is 0.185 e. The topological polar surface area (TPSA) is 127 Å². The molecule has 1 aromatic carbocycles. The standard InChI is InChI=1S/C20H35N5O.CH5N/c1-25(14-6-4-2-3-5-13-24-20(22)23)15-7-8-16-26-19-11-9-18(17-21)10-12-19;1-2/h9-12,17,21H,2-8,13-16H2,1H3,(H4,22,23,24);2H2,1H3. The minimum absolute atomic E-state index is 0.192. The van der Waals surface area contributed by atoms with Gasteiger partial charge in [0, 0.05) is 12.8 Å². The van der Waals surface area contributed by atoms with Gasteiger partial charge in [-0.05, 0) is 82.7 Å². The van der Waals surface area contributed by atoms with Crippen molar-refractivity contribution in [3.63, 3.8) is 0 Å². The van der Waals surface area contributed by atoms with Crippen molar-refractivity contribution < 1.29 is 4.74 Å². The third-order valence-electron chi connectivity index (χ3n) is 4.24. The summed E-state index contributed by atoms with van der Waals surface area (Å²) in [5.74, 6) is 1.07. The van der Waals surface area contributed by atoms with Crippen molar-refractivity contribution >= 4 is 12.2 Å². The lowest BCUT2D eigenvalue weighted by Gasteiger charge is -2.16. The summed E-state index contributed by atoms with van der Waals surface area (Å²) in [6.07, 6.45) is 9.56. The summed E-state index contributed by atoms with van der Waals surface area (Å²) in [4.78, 5) is 6.39. The molecule has 1 rings (SSSR count). The first-order chi connectivity index (χ1) is 13.6. The highest BCUT2D eigenvalue weighted by atomic mass is 16.5. The van der Waals surface area contributed by atoms with E-state index in [2.05, 4.69) is 22.7 Å². The molecule has 0 radical (unpaired) electrons. The van der Waals surface area contributed by atoms with Gasteiger partial charge in [-0.3, -0.25) is 4.99 Å². The van der Waals surface area contributed by atoms with E-state index >= 15 is 0 Å². The van der Waals surface area contributed by atoms with Crippen LogP contribution in [-0.4, -0.2) is 57.4 Å². The van der Waals surface area contributed by atoms with E-state index in [4.69, 9.17) is 21.6 Å². The minimum Gasteiger partial charge on any atom is -0.494 e. The Labute approximate surface area is 170 Å². The average Bonchev–Trinajstić information content (AvgIpc) is 2.71. The SMILES string of the molecule is CN.CN(CCCCCCCN=C(N)N)CCCCOc1ccc(C=N)cc1. The number of ether oxygens (including phenoxy) is 1. The molecular formula is C21H40N6O. The van der Waals surface area contributed by atoms with Crippen LogP contribution in [0.4, 0.5) is 0 Å². The molecule has 0 heterocycles. The van der Waals surface area contributed by atoms with E-state index in [0.29, 0.717) is 0 Å². The second kappa shape index (κ2) is 18.3. The van der Waals surface area contributed by atoms with Crippen LogP contribution in [0.3, 0.4) is 0 Å². The maximum Gasteiger partial charge on any atom is 0.185 e. The van der Waals surface area contributed by atoms with Crippen LogP contribution in [0.15, 0.2) is 29.3 Å². The van der Waals surface area contributed by atoms with E-state index in [1.165, 1.54) is 38.9 Å². The molecule has 7 nitrogen and oxygen atoms in total. The summed E-state index contributed by atoms with van der Waals surface area (Å²) < 4.78 is 5.73. The number of benzene rings is 1. The molecule has 0 aliphatic heterocycles. The van der Waals surface area contributed by atoms with Crippen molar-refractivity contribution in [2.75, 3.05) is 40.3 Å². The molecule has 0 amide bonds. The number of unbranched alkanes of at least 4 members (excludes halogenated alkanes) is 5. The van der Waals surface area contributed by atoms with Gasteiger partial charge < -0.3 is 32.2 Å². The molecule has 0 saturated carbocycles. The number of aliphatic imine (C=N–C) groups is 1. The van der Waals surface area contributed by atoms with Crippen molar-refractivity contribution in [1.82, 2.24) is 4.90 Å². The van der Waals surface area contributed by atoms with Crippen LogP contribution in [0.25, 0.3) is 0 Å². The van der Waals surface area contributed by atoms with E-state index in [1.54, 1.807) is 0 Å². The third-order valence-corrected chi connectivity index (χ3v) is 4.24. The fraction of sp³-hybridized carbons (Fsp3) is 0.619. The Hall–Kier alpha value is -2.12. The molecule has 0 saturated heterocycles. The maximum atomic E-state index is 7.18. The Kier molecular flexibility index (Phi) is 16.9. The fourth-order valence-corrected chi connectivity index (χ4v) is 2.68. The van der Waals surface area contributed by atoms with Crippen LogP contribution < -0.4 is 21.9 Å². The molecule has 0 spiro atoms. The molecule has 160 valence electrons. The number of rotatable bonds is 15. The zero-order valence-corrected chi connectivity index (χ0v) is 17.7. The highest BCUT2D eigenvalue weighted by molar-refractivity contribution is 5.77. The maximum absolute atomic E-state index is 7.18. The molecule has 0 unspecified atom stereocenters. The number of nitrogens with two attached hydrogens (primary N) is 3. The lowest BCUT2D eigenvalue weighted by molar-refractivity contribution is 0.276. The predicted octanol–water partition coefficient (Wildman–Crippen LogP) is 2.57. The summed E-state index contributed by atoms with van der Waals surface area (Å²) in [6.45, 7) is 3.76. The van der Waals surface area contributed by atoms with E-state index in [1.807, 2.05) is 24.3 Å². The number of hydrogen-bond donors (Lipinski definition) is 4. The first kappa shape index (κ1) is 25.9. The summed E-state index contributed by atoms with van der Waals surface area (Å²) in [7, 11) is 3.69. The fourth-order valence-electron chi connectivity index (χ4n) is 2.68. The first-order valence-electron chi connectivity index (χ1n) is 10.2. The second-order valence-corrected chi connectivity index (χ2v) is 6.65. The normalized spacial score (nSPS) is 10.1. The quantitative estimate of drug-likeness (QED) is 0.207. The summed E-state index contributed by atoms with van der Waals surface area (Å²) in [5.41, 5.74) is 16.0. The molecule has 0 fully saturated rings. The van der Waals surface area contributed by atoms with Gasteiger partial charge in [-0.15, -0.1) is 0 Å². The van der Waals surface area contributed by atoms with E-state index in [-0.39, 0.29) is 5.96 Å². The molecule has 0 aromatic heterocycles. The van der Waals surface area contributed by atoms with Crippen molar-refractivity contribution in [2.24, 2.45) is 22.2 Å². The molecule has 1 aromatic rings. The van der Waals surface area contributed by atoms with Crippen molar-refractivity contribution in [3.8, 4) is 5.75 Å². The Morgan fingerprint density at radius 1 is 0.964 bits per heavy atom. The van der Waals surface area contributed by atoms with Gasteiger partial charge in [0.2, 0.25) is 0 Å². The minimum atomic E-state index is 0.192. The lowest BCUT2D eigenvalue weighted by Crippen LogP contribution is -2.22. The van der Waals surface area contributed by atoms with Gasteiger partial charge in [-0.25, -0.2) is 0 Å². The van der Waals surface area contributed by atoms with Crippen LogP contribution >= 0.6 is 0 Å². The van der Waals surface area contributed by atoms with Gasteiger partial charge in [-0.1, -0.05) is 19.3 Å². The van der Waals surface area contributed by atoms with E-state index < -0.39 is 0 Å². The number of nitrogens with one attached hydrogen (secondary N) is 1. The van der Waals surface area contributed by atoms with Crippen LogP contribution in [0.5, 0.6) is 5.75 Å². The van der Waals surface area contributed by atoms with Crippen LogP contribution in [-0.2, 0) is 0 Å². The summed E-state index contributed by atoms with van der Waals surface area (Å²) >= 11 is 0. The monoisotopic (exact) mass is 392 g/mol. The summed E-state index contributed by atoms with van der Waals surface area (Å²) in [6, 6.07) is 7.64. The highest BCUT2D eigenvalue weighted by Crippen LogP contribution is 2.11. The zero-order valence-electron chi connectivity index (χ0n) is 17.7. The number of hydrogen-bond acceptors (Lipinski definition) is 5. The molecule has 7 heteroatoms. The molecule has 7 N–H and O–H groups in total. The zero-order chi connectivity index (χ0) is 21.0. The Bertz CT molecular complexity index is 514. The van der Waals surface area contributed by atoms with Gasteiger partial charge in [0.15, 0.2) is 5.96 Å². The van der Waals surface area contributed by atoms with Gasteiger partial charge in [0.1, 0.15) is 5.75 Å². The van der Waals surface area contributed by atoms with Crippen molar-refractivity contribution in [1.29, 1.82) is 5.41 Å². The van der Waals surface area contributed by atoms with Crippen LogP contribution in [0.2, 0.25) is 0 Å². The molecule has 28 heavy (non-hydrogen) atoms. The van der Waals surface area contributed by atoms with Crippen molar-refractivity contribution in [2.45, 2.75) is 44.9 Å². The van der Waals surface area contributed by atoms with Gasteiger partial charge in [0.05, 0.1) is 6.61 Å². The van der Waals surface area contributed by atoms with Gasteiger partial charge in [-0.2, -0.15) is 0 Å². The highest BCUT2D eigenvalue weighted by Gasteiger charge is 1.99. The van der Waals surface area contributed by atoms with Crippen LogP contribution in [0.1, 0.15) is 50.5 Å². The lowest BCUT2D eigenvalue weighted by atomic mass is 10.1. The third kappa shape index (κ3) is 15.0. The molecule has 0 aliphatic carbocycles. The average molecular weight is 393 g/mol. The Morgan fingerprint density at radius 3 is 2.14 bits per heavy atom. The van der Waals surface area contributed by atoms with Gasteiger partial charge >= 0.3 is 0 Å². The Morgan fingerprint density at radius 2 is 1.54 bits per heavy atom. The van der Waals surface area contributed by atoms with E-state index in [0.717, 1.165) is 56.8 Å². The van der Waals surface area contributed by atoms with Crippen LogP contribution in [0, 0.1) is 5.41 Å². The largest absolute Gasteiger partial charge is 0.494 e. The Balaban J connectivity index is 0.00000352.